The fourth-order valence-electron chi connectivity index (χ4n) is 2.70. The van der Waals surface area contributed by atoms with Crippen molar-refractivity contribution in [3.8, 4) is 10.6 Å². The first-order chi connectivity index (χ1) is 11.6. The summed E-state index contributed by atoms with van der Waals surface area (Å²) in [7, 11) is -3.45. The number of para-hydroxylation sites is 1. The summed E-state index contributed by atoms with van der Waals surface area (Å²) in [6.07, 6.45) is 0. The maximum absolute atomic E-state index is 12.6. The van der Waals surface area contributed by atoms with E-state index >= 15 is 0 Å². The van der Waals surface area contributed by atoms with Crippen molar-refractivity contribution in [3.63, 3.8) is 0 Å². The van der Waals surface area contributed by atoms with Crippen LogP contribution in [0.4, 0.5) is 0 Å². The highest BCUT2D eigenvalue weighted by Gasteiger charge is 2.26. The number of fused-ring (bicyclic) bond motifs is 1. The molecular weight excluding hydrogens is 344 g/mol. The minimum absolute atomic E-state index is 0.314. The third-order valence-corrected chi connectivity index (χ3v) is 7.00. The number of ether oxygens (including phenoxy) is 1. The Labute approximate surface area is 144 Å². The second-order valence-electron chi connectivity index (χ2n) is 5.53. The van der Waals surface area contributed by atoms with Gasteiger partial charge in [0, 0.05) is 18.7 Å². The Kier molecular flexibility index (Phi) is 4.09. The Morgan fingerprint density at radius 2 is 1.71 bits per heavy atom. The van der Waals surface area contributed by atoms with Gasteiger partial charge in [-0.2, -0.15) is 4.31 Å². The van der Waals surface area contributed by atoms with Gasteiger partial charge in [-0.3, -0.25) is 0 Å². The van der Waals surface area contributed by atoms with Gasteiger partial charge in [0.05, 0.1) is 28.3 Å². The van der Waals surface area contributed by atoms with Crippen molar-refractivity contribution in [1.82, 2.24) is 9.29 Å². The average molecular weight is 360 g/mol. The first-order valence-electron chi connectivity index (χ1n) is 7.68. The highest BCUT2D eigenvalue weighted by Crippen LogP contribution is 2.30. The molecule has 4 rings (SSSR count). The van der Waals surface area contributed by atoms with Gasteiger partial charge in [-0.25, -0.2) is 13.4 Å². The first kappa shape index (κ1) is 15.7. The molecule has 5 nitrogen and oxygen atoms in total. The molecule has 0 amide bonds. The second kappa shape index (κ2) is 6.25. The van der Waals surface area contributed by atoms with Crippen LogP contribution in [0.15, 0.2) is 53.4 Å². The number of benzene rings is 2. The zero-order valence-corrected chi connectivity index (χ0v) is 14.5. The summed E-state index contributed by atoms with van der Waals surface area (Å²) in [6, 6.07) is 14.9. The summed E-state index contributed by atoms with van der Waals surface area (Å²) in [6.45, 7) is 1.70. The van der Waals surface area contributed by atoms with E-state index in [1.807, 2.05) is 36.4 Å². The lowest BCUT2D eigenvalue weighted by atomic mass is 10.2. The molecule has 0 atom stereocenters. The molecule has 2 aromatic carbocycles. The van der Waals surface area contributed by atoms with Gasteiger partial charge >= 0.3 is 0 Å². The van der Waals surface area contributed by atoms with Crippen molar-refractivity contribution in [1.29, 1.82) is 0 Å². The van der Waals surface area contributed by atoms with Crippen molar-refractivity contribution >= 4 is 31.6 Å². The Morgan fingerprint density at radius 3 is 2.42 bits per heavy atom. The molecular formula is C17H16N2O3S2. The number of nitrogens with zero attached hydrogens (tertiary/aromatic N) is 2. The molecule has 1 aliphatic heterocycles. The number of aromatic nitrogens is 1. The van der Waals surface area contributed by atoms with Crippen LogP contribution in [0.3, 0.4) is 0 Å². The quantitative estimate of drug-likeness (QED) is 0.720. The van der Waals surface area contributed by atoms with Crippen LogP contribution >= 0.6 is 11.3 Å². The van der Waals surface area contributed by atoms with Crippen molar-refractivity contribution in [2.24, 2.45) is 0 Å². The van der Waals surface area contributed by atoms with E-state index in [0.717, 1.165) is 20.8 Å². The maximum Gasteiger partial charge on any atom is 0.243 e. The Morgan fingerprint density at radius 1 is 1.00 bits per heavy atom. The lowest BCUT2D eigenvalue weighted by Crippen LogP contribution is -2.40. The third kappa shape index (κ3) is 2.84. The highest BCUT2D eigenvalue weighted by molar-refractivity contribution is 7.89. The Bertz CT molecular complexity index is 926. The minimum atomic E-state index is -3.45. The molecule has 0 spiro atoms. The van der Waals surface area contributed by atoms with Crippen LogP contribution in [0.1, 0.15) is 0 Å². The molecule has 7 heteroatoms. The summed E-state index contributed by atoms with van der Waals surface area (Å²) in [4.78, 5) is 4.92. The summed E-state index contributed by atoms with van der Waals surface area (Å²) in [5.74, 6) is 0. The molecule has 124 valence electrons. The van der Waals surface area contributed by atoms with E-state index < -0.39 is 10.0 Å². The smallest absolute Gasteiger partial charge is 0.243 e. The summed E-state index contributed by atoms with van der Waals surface area (Å²) >= 11 is 1.60. The fourth-order valence-corrected chi connectivity index (χ4v) is 5.08. The van der Waals surface area contributed by atoms with E-state index in [1.54, 1.807) is 23.5 Å². The predicted molar refractivity (Wildman–Crippen MR) is 94.6 cm³/mol. The van der Waals surface area contributed by atoms with E-state index in [-0.39, 0.29) is 0 Å². The summed E-state index contributed by atoms with van der Waals surface area (Å²) in [5.41, 5.74) is 1.89. The average Bonchev–Trinajstić information content (AvgIpc) is 3.07. The minimum Gasteiger partial charge on any atom is -0.379 e. The molecule has 1 aliphatic rings. The molecule has 1 fully saturated rings. The molecule has 3 aromatic rings. The number of rotatable bonds is 3. The maximum atomic E-state index is 12.6. The van der Waals surface area contributed by atoms with Gasteiger partial charge in [0.25, 0.3) is 0 Å². The molecule has 1 aromatic heterocycles. The molecule has 0 N–H and O–H groups in total. The van der Waals surface area contributed by atoms with Crippen LogP contribution in [-0.4, -0.2) is 44.0 Å². The van der Waals surface area contributed by atoms with Crippen LogP contribution in [0, 0.1) is 0 Å². The molecule has 0 bridgehead atoms. The Hall–Kier alpha value is -1.80. The van der Waals surface area contributed by atoms with Crippen molar-refractivity contribution in [2.75, 3.05) is 26.3 Å². The van der Waals surface area contributed by atoms with Gasteiger partial charge in [-0.15, -0.1) is 11.3 Å². The van der Waals surface area contributed by atoms with Crippen LogP contribution in [0.2, 0.25) is 0 Å². The SMILES string of the molecule is O=S(=O)(c1ccc(-c2nc3ccccc3s2)cc1)N1CCOCC1. The van der Waals surface area contributed by atoms with E-state index in [9.17, 15) is 8.42 Å². The van der Waals surface area contributed by atoms with Gasteiger partial charge in [-0.05, 0) is 24.3 Å². The fraction of sp³-hybridized carbons (Fsp3) is 0.235. The third-order valence-electron chi connectivity index (χ3n) is 4.00. The van der Waals surface area contributed by atoms with Gasteiger partial charge in [-0.1, -0.05) is 24.3 Å². The number of hydrogen-bond acceptors (Lipinski definition) is 5. The van der Waals surface area contributed by atoms with Crippen molar-refractivity contribution < 1.29 is 13.2 Å². The molecule has 0 unspecified atom stereocenters. The second-order valence-corrected chi connectivity index (χ2v) is 8.50. The van der Waals surface area contributed by atoms with Gasteiger partial charge in [0.1, 0.15) is 5.01 Å². The molecule has 24 heavy (non-hydrogen) atoms. The number of thiazole rings is 1. The lowest BCUT2D eigenvalue weighted by molar-refractivity contribution is 0.0730. The van der Waals surface area contributed by atoms with E-state index in [4.69, 9.17) is 4.74 Å². The van der Waals surface area contributed by atoms with Crippen molar-refractivity contribution in [3.05, 3.63) is 48.5 Å². The van der Waals surface area contributed by atoms with Crippen LogP contribution in [-0.2, 0) is 14.8 Å². The summed E-state index contributed by atoms with van der Waals surface area (Å²) in [5, 5.41) is 0.895. The largest absolute Gasteiger partial charge is 0.379 e. The van der Waals surface area contributed by atoms with Crippen molar-refractivity contribution in [2.45, 2.75) is 4.90 Å². The lowest BCUT2D eigenvalue weighted by Gasteiger charge is -2.26. The highest BCUT2D eigenvalue weighted by atomic mass is 32.2. The number of morpholine rings is 1. The van der Waals surface area contributed by atoms with Crippen LogP contribution in [0.5, 0.6) is 0 Å². The molecule has 0 radical (unpaired) electrons. The van der Waals surface area contributed by atoms with Gasteiger partial charge in [0.2, 0.25) is 10.0 Å². The Balaban J connectivity index is 1.64. The topological polar surface area (TPSA) is 59.5 Å². The first-order valence-corrected chi connectivity index (χ1v) is 9.94. The normalized spacial score (nSPS) is 16.5. The summed E-state index contributed by atoms with van der Waals surface area (Å²) < 4.78 is 33.1. The predicted octanol–water partition coefficient (Wildman–Crippen LogP) is 2.98. The number of sulfonamides is 1. The van der Waals surface area contributed by atoms with E-state index in [1.165, 1.54) is 4.31 Å². The zero-order chi connectivity index (χ0) is 16.6. The van der Waals surface area contributed by atoms with Gasteiger partial charge < -0.3 is 4.74 Å². The zero-order valence-electron chi connectivity index (χ0n) is 12.9. The van der Waals surface area contributed by atoms with Gasteiger partial charge in [0.15, 0.2) is 0 Å². The number of hydrogen-bond donors (Lipinski definition) is 0. The standard InChI is InChI=1S/C17H16N2O3S2/c20-24(21,19-9-11-22-12-10-19)14-7-5-13(6-8-14)17-18-15-3-1-2-4-16(15)23-17/h1-8H,9-12H2. The van der Waals surface area contributed by atoms with E-state index in [2.05, 4.69) is 4.98 Å². The molecule has 0 aliphatic carbocycles. The van der Waals surface area contributed by atoms with Crippen LogP contribution < -0.4 is 0 Å². The monoisotopic (exact) mass is 360 g/mol. The molecule has 2 heterocycles. The van der Waals surface area contributed by atoms with E-state index in [0.29, 0.717) is 31.2 Å². The molecule has 0 saturated carbocycles. The molecule has 1 saturated heterocycles. The van der Waals surface area contributed by atoms with Crippen LogP contribution in [0.25, 0.3) is 20.8 Å².